The van der Waals surface area contributed by atoms with Gasteiger partial charge in [0.15, 0.2) is 0 Å². The van der Waals surface area contributed by atoms with Crippen LogP contribution >= 0.6 is 8.25 Å². The summed E-state index contributed by atoms with van der Waals surface area (Å²) < 4.78 is 20.0. The minimum absolute atomic E-state index is 0.450. The van der Waals surface area contributed by atoms with E-state index in [1.54, 1.807) is 6.92 Å². The van der Waals surface area contributed by atoms with Gasteiger partial charge in [-0.2, -0.15) is 0 Å². The summed E-state index contributed by atoms with van der Waals surface area (Å²) >= 11 is 0. The lowest BCUT2D eigenvalue weighted by Crippen LogP contribution is -2.27. The van der Waals surface area contributed by atoms with Crippen LogP contribution in [0, 0.1) is 0 Å². The van der Waals surface area contributed by atoms with Crippen molar-refractivity contribution >= 4 is 8.25 Å². The molecule has 0 rings (SSSR count). The lowest BCUT2D eigenvalue weighted by Gasteiger charge is -2.14. The lowest BCUT2D eigenvalue weighted by atomic mass is 10.8. The largest absolute Gasteiger partial charge is 0.333 e. The van der Waals surface area contributed by atoms with Gasteiger partial charge in [0, 0.05) is 7.11 Å². The molecule has 0 heterocycles. The van der Waals surface area contributed by atoms with E-state index in [2.05, 4.69) is 37.2 Å². The molecule has 0 aromatic heterocycles. The first-order chi connectivity index (χ1) is 5.31. The van der Waals surface area contributed by atoms with E-state index < -0.39 is 8.25 Å². The van der Waals surface area contributed by atoms with Crippen molar-refractivity contribution in [1.29, 1.82) is 0 Å². The van der Waals surface area contributed by atoms with E-state index in [4.69, 9.17) is 0 Å². The van der Waals surface area contributed by atoms with Crippen LogP contribution < -0.4 is 0 Å². The first kappa shape index (κ1) is 14.6. The Hall–Kier alpha value is 0.110. The van der Waals surface area contributed by atoms with Crippen molar-refractivity contribution in [3.8, 4) is 0 Å². The van der Waals surface area contributed by atoms with Crippen LogP contribution in [0.4, 0.5) is 0 Å². The van der Waals surface area contributed by atoms with Crippen molar-refractivity contribution in [3.63, 3.8) is 0 Å². The molecule has 0 saturated carbocycles. The quantitative estimate of drug-likeness (QED) is 0.507. The van der Waals surface area contributed by atoms with Gasteiger partial charge in [-0.3, -0.25) is 4.57 Å². The maximum Gasteiger partial charge on any atom is 0.318 e. The van der Waals surface area contributed by atoms with E-state index in [1.807, 2.05) is 0 Å². The van der Waals surface area contributed by atoms with Gasteiger partial charge < -0.3 is 13.5 Å². The van der Waals surface area contributed by atoms with Crippen LogP contribution in [0.3, 0.4) is 0 Å². The smallest absolute Gasteiger partial charge is 0.318 e. The minimum Gasteiger partial charge on any atom is -0.333 e. The van der Waals surface area contributed by atoms with Crippen molar-refractivity contribution in [2.45, 2.75) is 6.92 Å². The van der Waals surface area contributed by atoms with Gasteiger partial charge in [0.2, 0.25) is 0 Å². The second-order valence-corrected chi connectivity index (χ2v) is 4.77. The van der Waals surface area contributed by atoms with Crippen LogP contribution in [-0.2, 0) is 13.6 Å². The Morgan fingerprint density at radius 2 is 1.58 bits per heavy atom. The zero-order valence-corrected chi connectivity index (χ0v) is 9.88. The molecule has 0 saturated heterocycles. The highest BCUT2D eigenvalue weighted by Gasteiger charge is 1.88. The average molecular weight is 198 g/mol. The van der Waals surface area contributed by atoms with Gasteiger partial charge >= 0.3 is 8.25 Å². The number of hydrogen-bond acceptors (Lipinski definition) is 3. The summed E-state index contributed by atoms with van der Waals surface area (Å²) in [6.45, 7) is 2.22. The molecule has 0 amide bonds. The number of hydrogen-bond donors (Lipinski definition) is 0. The third-order valence-electron chi connectivity index (χ3n) is 0.429. The van der Waals surface area contributed by atoms with Crippen LogP contribution in [0.5, 0.6) is 0 Å². The van der Waals surface area contributed by atoms with E-state index in [9.17, 15) is 4.57 Å². The first-order valence-electron chi connectivity index (χ1n) is 3.81. The van der Waals surface area contributed by atoms with E-state index in [1.165, 1.54) is 7.11 Å². The molecular formula is C7H21NO3P+. The number of quaternary nitrogens is 1. The molecule has 4 nitrogen and oxygen atoms in total. The average Bonchev–Trinajstić information content (AvgIpc) is 1.85. The van der Waals surface area contributed by atoms with Crippen molar-refractivity contribution in [2.75, 3.05) is 41.9 Å². The van der Waals surface area contributed by atoms with Crippen molar-refractivity contribution in [3.05, 3.63) is 0 Å². The van der Waals surface area contributed by atoms with Crippen LogP contribution in [0.2, 0.25) is 0 Å². The van der Waals surface area contributed by atoms with E-state index in [-0.39, 0.29) is 0 Å². The van der Waals surface area contributed by atoms with E-state index in [0.29, 0.717) is 6.61 Å². The van der Waals surface area contributed by atoms with Crippen LogP contribution in [0.1, 0.15) is 6.92 Å². The van der Waals surface area contributed by atoms with E-state index in [0.717, 1.165) is 4.48 Å². The second-order valence-electron chi connectivity index (χ2n) is 3.57. The van der Waals surface area contributed by atoms with Gasteiger partial charge in [-0.15, -0.1) is 0 Å². The molecule has 0 aromatic rings. The second kappa shape index (κ2) is 7.74. The molecule has 0 radical (unpaired) electrons. The molecule has 1 atom stereocenters. The predicted molar refractivity (Wildman–Crippen MR) is 51.6 cm³/mol. The first-order valence-corrected chi connectivity index (χ1v) is 5.03. The summed E-state index contributed by atoms with van der Waals surface area (Å²) in [7, 11) is 7.73. The number of rotatable bonds is 3. The molecule has 0 fully saturated rings. The predicted octanol–water partition coefficient (Wildman–Crippen LogP) is 1.38. The molecule has 0 N–H and O–H groups in total. The Labute approximate surface area is 76.0 Å². The molecular weight excluding hydrogens is 177 g/mol. The molecule has 76 valence electrons. The Bertz CT molecular complexity index is 116. The zero-order chi connectivity index (χ0) is 10.2. The zero-order valence-electron chi connectivity index (χ0n) is 8.88. The van der Waals surface area contributed by atoms with Gasteiger partial charge in [-0.1, -0.05) is 0 Å². The Kier molecular flexibility index (Phi) is 9.44. The van der Waals surface area contributed by atoms with Gasteiger partial charge in [0.05, 0.1) is 34.8 Å². The van der Waals surface area contributed by atoms with Gasteiger partial charge in [-0.05, 0) is 6.92 Å². The third kappa shape index (κ3) is 32.1. The van der Waals surface area contributed by atoms with Crippen molar-refractivity contribution in [2.24, 2.45) is 0 Å². The van der Waals surface area contributed by atoms with Gasteiger partial charge in [-0.25, -0.2) is 0 Å². The van der Waals surface area contributed by atoms with Crippen LogP contribution in [-0.4, -0.2) is 46.4 Å². The van der Waals surface area contributed by atoms with Gasteiger partial charge in [0.25, 0.3) is 0 Å². The standard InChI is InChI=1S/C4H12N.C3H9O3P/c1-5(2,3)4;1-3-6-7(4)5-2/h1-4H3;7H,3H2,1-2H3/q+1;. The molecule has 0 aliphatic heterocycles. The molecule has 0 aliphatic carbocycles. The molecule has 5 heteroatoms. The van der Waals surface area contributed by atoms with Crippen molar-refractivity contribution in [1.82, 2.24) is 0 Å². The molecule has 0 bridgehead atoms. The summed E-state index contributed by atoms with van der Waals surface area (Å²) in [5, 5.41) is 0. The van der Waals surface area contributed by atoms with Crippen LogP contribution in [0.25, 0.3) is 0 Å². The van der Waals surface area contributed by atoms with E-state index >= 15 is 0 Å². The highest BCUT2D eigenvalue weighted by molar-refractivity contribution is 7.33. The maximum atomic E-state index is 10.2. The summed E-state index contributed by atoms with van der Waals surface area (Å²) in [5.41, 5.74) is 0. The highest BCUT2D eigenvalue weighted by atomic mass is 31.1. The molecule has 12 heavy (non-hydrogen) atoms. The van der Waals surface area contributed by atoms with Gasteiger partial charge in [0.1, 0.15) is 0 Å². The van der Waals surface area contributed by atoms with Crippen molar-refractivity contribution < 1.29 is 18.1 Å². The SMILES string of the molecule is CCO[PH](=O)OC.C[N+](C)(C)C. The summed E-state index contributed by atoms with van der Waals surface area (Å²) in [5.74, 6) is 0. The number of nitrogens with zero attached hydrogens (tertiary/aromatic N) is 1. The molecule has 0 aliphatic rings. The topological polar surface area (TPSA) is 35.5 Å². The fraction of sp³-hybridized carbons (Fsp3) is 1.00. The maximum absolute atomic E-state index is 10.2. The fourth-order valence-corrected chi connectivity index (χ4v) is 0.530. The summed E-state index contributed by atoms with van der Waals surface area (Å²) in [6, 6.07) is 0. The summed E-state index contributed by atoms with van der Waals surface area (Å²) in [6.07, 6.45) is 0. The Morgan fingerprint density at radius 1 is 1.25 bits per heavy atom. The normalized spacial score (nSPS) is 13.2. The summed E-state index contributed by atoms with van der Waals surface area (Å²) in [4.78, 5) is 0. The fourth-order valence-electron chi connectivity index (χ4n) is 0.177. The lowest BCUT2D eigenvalue weighted by molar-refractivity contribution is -0.849. The highest BCUT2D eigenvalue weighted by Crippen LogP contribution is 2.20. The van der Waals surface area contributed by atoms with Crippen LogP contribution in [0.15, 0.2) is 0 Å². The Morgan fingerprint density at radius 3 is 1.67 bits per heavy atom. The molecule has 0 aromatic carbocycles. The molecule has 0 spiro atoms. The molecule has 1 unspecified atom stereocenters. The third-order valence-corrected chi connectivity index (χ3v) is 1.29. The Balaban J connectivity index is 0. The monoisotopic (exact) mass is 198 g/mol. The minimum atomic E-state index is -2.13.